The molecule has 0 amide bonds. The van der Waals surface area contributed by atoms with Gasteiger partial charge in [0, 0.05) is 13.5 Å². The zero-order chi connectivity index (χ0) is 13.8. The van der Waals surface area contributed by atoms with Gasteiger partial charge in [0.15, 0.2) is 5.82 Å². The Morgan fingerprint density at radius 3 is 2.90 bits per heavy atom. The van der Waals surface area contributed by atoms with Gasteiger partial charge in [0.25, 0.3) is 5.89 Å². The number of ether oxygens (including phenoxy) is 1. The maximum Gasteiger partial charge on any atom is 0.269 e. The second-order valence-corrected chi connectivity index (χ2v) is 5.34. The fourth-order valence-corrected chi connectivity index (χ4v) is 2.68. The van der Waals surface area contributed by atoms with Crippen LogP contribution in [0.25, 0.3) is 10.8 Å². The Kier molecular flexibility index (Phi) is 3.85. The first-order chi connectivity index (χ1) is 9.85. The number of methoxy groups -OCH3 is 1. The van der Waals surface area contributed by atoms with E-state index in [1.54, 1.807) is 24.6 Å². The summed E-state index contributed by atoms with van der Waals surface area (Å²) in [7, 11) is 1.60. The first kappa shape index (κ1) is 13.0. The average Bonchev–Trinajstić information content (AvgIpc) is 3.10. The van der Waals surface area contributed by atoms with Crippen molar-refractivity contribution in [2.75, 3.05) is 7.11 Å². The quantitative estimate of drug-likeness (QED) is 0.722. The summed E-state index contributed by atoms with van der Waals surface area (Å²) in [4.78, 5) is 9.54. The molecule has 3 aromatic rings. The van der Waals surface area contributed by atoms with Crippen LogP contribution in [0.5, 0.6) is 0 Å². The maximum atomic E-state index is 5.20. The molecule has 0 fully saturated rings. The number of thiazole rings is 1. The van der Waals surface area contributed by atoms with Crippen molar-refractivity contribution in [1.29, 1.82) is 0 Å². The monoisotopic (exact) mass is 287 g/mol. The van der Waals surface area contributed by atoms with Gasteiger partial charge in [-0.05, 0) is 5.56 Å². The van der Waals surface area contributed by atoms with Crippen molar-refractivity contribution in [1.82, 2.24) is 15.1 Å². The third-order valence-corrected chi connectivity index (χ3v) is 3.69. The summed E-state index contributed by atoms with van der Waals surface area (Å²) in [6.45, 7) is 0.346. The van der Waals surface area contributed by atoms with Crippen molar-refractivity contribution in [2.45, 2.75) is 13.0 Å². The lowest BCUT2D eigenvalue weighted by Crippen LogP contribution is -1.88. The summed E-state index contributed by atoms with van der Waals surface area (Å²) in [6.07, 6.45) is 2.58. The lowest BCUT2D eigenvalue weighted by molar-refractivity contribution is 0.174. The van der Waals surface area contributed by atoms with Crippen LogP contribution in [0, 0.1) is 0 Å². The van der Waals surface area contributed by atoms with Crippen LogP contribution in [0.3, 0.4) is 0 Å². The second kappa shape index (κ2) is 5.94. The lowest BCUT2D eigenvalue weighted by atomic mass is 10.2. The fraction of sp³-hybridized carbons (Fsp3) is 0.214. The molecule has 0 aliphatic rings. The van der Waals surface area contributed by atoms with Crippen molar-refractivity contribution in [3.05, 3.63) is 52.9 Å². The molecular weight excluding hydrogens is 274 g/mol. The van der Waals surface area contributed by atoms with E-state index in [0.717, 1.165) is 16.3 Å². The normalized spacial score (nSPS) is 10.8. The van der Waals surface area contributed by atoms with Crippen LogP contribution in [-0.2, 0) is 17.8 Å². The molecule has 0 bridgehead atoms. The summed E-state index contributed by atoms with van der Waals surface area (Å²) < 4.78 is 10.2. The van der Waals surface area contributed by atoms with Gasteiger partial charge in [0.2, 0.25) is 0 Å². The first-order valence-electron chi connectivity index (χ1n) is 6.15. The largest absolute Gasteiger partial charge is 0.377 e. The van der Waals surface area contributed by atoms with E-state index in [2.05, 4.69) is 27.3 Å². The molecule has 0 aliphatic heterocycles. The SMILES string of the molecule is COCc1noc(-c2cnc(Cc3ccccc3)s2)n1. The third-order valence-electron chi connectivity index (χ3n) is 2.70. The van der Waals surface area contributed by atoms with Gasteiger partial charge in [-0.2, -0.15) is 4.98 Å². The Bertz CT molecular complexity index is 679. The van der Waals surface area contributed by atoms with Gasteiger partial charge in [0.05, 0.1) is 11.2 Å². The van der Waals surface area contributed by atoms with Gasteiger partial charge in [-0.3, -0.25) is 0 Å². The molecule has 0 spiro atoms. The molecule has 5 nitrogen and oxygen atoms in total. The summed E-state index contributed by atoms with van der Waals surface area (Å²) in [5, 5.41) is 4.87. The molecule has 2 heterocycles. The van der Waals surface area contributed by atoms with Crippen molar-refractivity contribution in [2.24, 2.45) is 0 Å². The standard InChI is InChI=1S/C14H13N3O2S/c1-18-9-12-16-14(19-17-12)11-8-15-13(20-11)7-10-5-3-2-4-6-10/h2-6,8H,7,9H2,1H3. The molecule has 0 N–H and O–H groups in total. The minimum atomic E-state index is 0.346. The molecule has 102 valence electrons. The van der Waals surface area contributed by atoms with E-state index in [-0.39, 0.29) is 0 Å². The molecule has 0 aliphatic carbocycles. The Labute approximate surface area is 120 Å². The smallest absolute Gasteiger partial charge is 0.269 e. The molecule has 6 heteroatoms. The number of hydrogen-bond donors (Lipinski definition) is 0. The number of nitrogens with zero attached hydrogens (tertiary/aromatic N) is 3. The molecule has 0 radical (unpaired) electrons. The lowest BCUT2D eigenvalue weighted by Gasteiger charge is -1.95. The molecule has 2 aromatic heterocycles. The molecule has 0 saturated heterocycles. The van der Waals surface area contributed by atoms with Gasteiger partial charge >= 0.3 is 0 Å². The van der Waals surface area contributed by atoms with E-state index in [1.165, 1.54) is 5.56 Å². The van der Waals surface area contributed by atoms with Crippen LogP contribution in [-0.4, -0.2) is 22.2 Å². The minimum absolute atomic E-state index is 0.346. The van der Waals surface area contributed by atoms with Gasteiger partial charge in [-0.15, -0.1) is 11.3 Å². The molecule has 1 aromatic carbocycles. The molecule has 3 rings (SSSR count). The molecule has 0 unspecified atom stereocenters. The van der Waals surface area contributed by atoms with Crippen LogP contribution in [0.4, 0.5) is 0 Å². The van der Waals surface area contributed by atoms with Gasteiger partial charge in [-0.1, -0.05) is 35.5 Å². The number of aromatic nitrogens is 3. The van der Waals surface area contributed by atoms with Crippen molar-refractivity contribution >= 4 is 11.3 Å². The summed E-state index contributed by atoms with van der Waals surface area (Å²) in [5.41, 5.74) is 1.24. The molecule has 0 atom stereocenters. The van der Waals surface area contributed by atoms with Gasteiger partial charge < -0.3 is 9.26 Å². The number of benzene rings is 1. The second-order valence-electron chi connectivity index (χ2n) is 4.23. The van der Waals surface area contributed by atoms with Crippen molar-refractivity contribution in [3.63, 3.8) is 0 Å². The molecular formula is C14H13N3O2S. The summed E-state index contributed by atoms with van der Waals surface area (Å²) in [5.74, 6) is 1.04. The van der Waals surface area contributed by atoms with Crippen LogP contribution >= 0.6 is 11.3 Å². The van der Waals surface area contributed by atoms with Crippen LogP contribution < -0.4 is 0 Å². The Hall–Kier alpha value is -2.05. The molecule has 0 saturated carbocycles. The summed E-state index contributed by atoms with van der Waals surface area (Å²) >= 11 is 1.56. The Morgan fingerprint density at radius 2 is 2.10 bits per heavy atom. The van der Waals surface area contributed by atoms with Crippen molar-refractivity contribution < 1.29 is 9.26 Å². The molecule has 20 heavy (non-hydrogen) atoms. The van der Waals surface area contributed by atoms with Crippen LogP contribution in [0.15, 0.2) is 41.1 Å². The van der Waals surface area contributed by atoms with Crippen molar-refractivity contribution in [3.8, 4) is 10.8 Å². The van der Waals surface area contributed by atoms with Crippen LogP contribution in [0.1, 0.15) is 16.4 Å². The number of rotatable bonds is 5. The Balaban J connectivity index is 1.76. The van der Waals surface area contributed by atoms with Gasteiger partial charge in [-0.25, -0.2) is 4.98 Å². The van der Waals surface area contributed by atoms with E-state index >= 15 is 0 Å². The third kappa shape index (κ3) is 2.92. The average molecular weight is 287 g/mol. The predicted octanol–water partition coefficient (Wildman–Crippen LogP) is 2.93. The highest BCUT2D eigenvalue weighted by Gasteiger charge is 2.12. The van der Waals surface area contributed by atoms with E-state index in [9.17, 15) is 0 Å². The highest BCUT2D eigenvalue weighted by Crippen LogP contribution is 2.26. The minimum Gasteiger partial charge on any atom is -0.377 e. The zero-order valence-corrected chi connectivity index (χ0v) is 11.8. The highest BCUT2D eigenvalue weighted by atomic mass is 32.1. The topological polar surface area (TPSA) is 61.0 Å². The van der Waals surface area contributed by atoms with E-state index in [4.69, 9.17) is 9.26 Å². The van der Waals surface area contributed by atoms with E-state index < -0.39 is 0 Å². The zero-order valence-electron chi connectivity index (χ0n) is 10.9. The van der Waals surface area contributed by atoms with E-state index in [1.807, 2.05) is 18.2 Å². The van der Waals surface area contributed by atoms with Crippen LogP contribution in [0.2, 0.25) is 0 Å². The van der Waals surface area contributed by atoms with E-state index in [0.29, 0.717) is 18.3 Å². The Morgan fingerprint density at radius 1 is 1.25 bits per heavy atom. The highest BCUT2D eigenvalue weighted by molar-refractivity contribution is 7.15. The maximum absolute atomic E-state index is 5.20. The first-order valence-corrected chi connectivity index (χ1v) is 6.97. The fourth-order valence-electron chi connectivity index (χ4n) is 1.80. The predicted molar refractivity (Wildman–Crippen MR) is 75.4 cm³/mol. The summed E-state index contributed by atoms with van der Waals surface area (Å²) in [6, 6.07) is 10.2. The van der Waals surface area contributed by atoms with Gasteiger partial charge in [0.1, 0.15) is 11.5 Å². The number of hydrogen-bond acceptors (Lipinski definition) is 6.